The highest BCUT2D eigenvalue weighted by Gasteiger charge is 2.49. The first-order chi connectivity index (χ1) is 14.0. The van der Waals surface area contributed by atoms with Gasteiger partial charge in [-0.25, -0.2) is 9.97 Å². The van der Waals surface area contributed by atoms with E-state index in [1.54, 1.807) is 7.11 Å². The Balaban J connectivity index is 1.47. The molecule has 0 radical (unpaired) electrons. The zero-order valence-corrected chi connectivity index (χ0v) is 17.9. The molecule has 1 amide bonds. The number of piperidine rings is 1. The Labute approximate surface area is 173 Å². The van der Waals surface area contributed by atoms with Crippen molar-refractivity contribution in [2.75, 3.05) is 33.8 Å². The molecule has 2 unspecified atom stereocenters. The standard InChI is InChI=1S/C22H33N5O2/c1-16-18(13-23-21(24-16)29-3)14-27-11-6-10-22(15-27)19(9-12-26(22)2)25-20(28)17-7-4-5-8-17/h7,13,19H,4-6,8-12,14-15H2,1-3H3,(H,25,28). The summed E-state index contributed by atoms with van der Waals surface area (Å²) in [6.07, 6.45) is 10.3. The Hall–Kier alpha value is -1.99. The molecule has 3 aliphatic rings. The van der Waals surface area contributed by atoms with Gasteiger partial charge >= 0.3 is 6.01 Å². The summed E-state index contributed by atoms with van der Waals surface area (Å²) in [6, 6.07) is 0.624. The average molecular weight is 400 g/mol. The highest BCUT2D eigenvalue weighted by Crippen LogP contribution is 2.37. The topological polar surface area (TPSA) is 70.6 Å². The summed E-state index contributed by atoms with van der Waals surface area (Å²) in [5.74, 6) is 0.152. The molecule has 2 fully saturated rings. The van der Waals surface area contributed by atoms with Gasteiger partial charge in [0.2, 0.25) is 5.91 Å². The van der Waals surface area contributed by atoms with E-state index < -0.39 is 0 Å². The predicted molar refractivity (Wildman–Crippen MR) is 112 cm³/mol. The largest absolute Gasteiger partial charge is 0.467 e. The van der Waals surface area contributed by atoms with Gasteiger partial charge in [-0.1, -0.05) is 6.08 Å². The summed E-state index contributed by atoms with van der Waals surface area (Å²) < 4.78 is 5.14. The van der Waals surface area contributed by atoms with Crippen LogP contribution < -0.4 is 10.1 Å². The van der Waals surface area contributed by atoms with Crippen LogP contribution in [-0.2, 0) is 11.3 Å². The number of hydrogen-bond donors (Lipinski definition) is 1. The average Bonchev–Trinajstić information content (AvgIpc) is 3.35. The molecule has 0 bridgehead atoms. The van der Waals surface area contributed by atoms with Gasteiger partial charge in [0.15, 0.2) is 0 Å². The molecule has 158 valence electrons. The minimum atomic E-state index is 0.00824. The maximum Gasteiger partial charge on any atom is 0.316 e. The lowest BCUT2D eigenvalue weighted by atomic mass is 9.82. The first-order valence-corrected chi connectivity index (χ1v) is 10.8. The summed E-state index contributed by atoms with van der Waals surface area (Å²) >= 11 is 0. The zero-order chi connectivity index (χ0) is 20.4. The van der Waals surface area contributed by atoms with Crippen LogP contribution in [0.3, 0.4) is 0 Å². The molecule has 29 heavy (non-hydrogen) atoms. The second kappa shape index (κ2) is 8.40. The molecule has 4 rings (SSSR count). The van der Waals surface area contributed by atoms with Crippen molar-refractivity contribution in [3.05, 3.63) is 29.1 Å². The molecule has 1 aromatic heterocycles. The fourth-order valence-electron chi connectivity index (χ4n) is 5.26. The quantitative estimate of drug-likeness (QED) is 0.817. The number of nitrogens with one attached hydrogen (secondary N) is 1. The molecule has 1 aliphatic carbocycles. The van der Waals surface area contributed by atoms with Crippen LogP contribution in [0.1, 0.15) is 49.8 Å². The normalized spacial score (nSPS) is 28.0. The molecule has 1 N–H and O–H groups in total. The van der Waals surface area contributed by atoms with Crippen LogP contribution in [0.2, 0.25) is 0 Å². The number of likely N-dealkylation sites (N-methyl/N-ethyl adjacent to an activating group) is 1. The fourth-order valence-corrected chi connectivity index (χ4v) is 5.26. The maximum absolute atomic E-state index is 12.8. The summed E-state index contributed by atoms with van der Waals surface area (Å²) in [5.41, 5.74) is 3.09. The van der Waals surface area contributed by atoms with Gasteiger partial charge < -0.3 is 10.1 Å². The number of carbonyl (C=O) groups excluding carboxylic acids is 1. The van der Waals surface area contributed by atoms with Crippen LogP contribution in [0.15, 0.2) is 17.8 Å². The number of methoxy groups -OCH3 is 1. The van der Waals surface area contributed by atoms with Gasteiger partial charge in [0.1, 0.15) is 0 Å². The molecule has 2 aliphatic heterocycles. The molecule has 2 atom stereocenters. The Morgan fingerprint density at radius 3 is 2.97 bits per heavy atom. The van der Waals surface area contributed by atoms with Crippen molar-refractivity contribution in [3.8, 4) is 6.01 Å². The van der Waals surface area contributed by atoms with Crippen molar-refractivity contribution < 1.29 is 9.53 Å². The number of rotatable bonds is 5. The van der Waals surface area contributed by atoms with E-state index in [0.717, 1.165) is 81.5 Å². The van der Waals surface area contributed by atoms with Crippen molar-refractivity contribution in [2.24, 2.45) is 0 Å². The van der Waals surface area contributed by atoms with Crippen molar-refractivity contribution in [1.82, 2.24) is 25.1 Å². The van der Waals surface area contributed by atoms with Gasteiger partial charge in [-0.15, -0.1) is 0 Å². The van der Waals surface area contributed by atoms with Crippen molar-refractivity contribution in [2.45, 2.75) is 63.6 Å². The maximum atomic E-state index is 12.8. The zero-order valence-electron chi connectivity index (χ0n) is 17.9. The lowest BCUT2D eigenvalue weighted by Gasteiger charge is -2.48. The van der Waals surface area contributed by atoms with Gasteiger partial charge in [0, 0.05) is 48.7 Å². The van der Waals surface area contributed by atoms with E-state index in [9.17, 15) is 4.79 Å². The molecular formula is C22H33N5O2. The molecule has 3 heterocycles. The molecule has 2 saturated heterocycles. The predicted octanol–water partition coefficient (Wildman–Crippen LogP) is 2.06. The van der Waals surface area contributed by atoms with E-state index in [-0.39, 0.29) is 17.5 Å². The van der Waals surface area contributed by atoms with Gasteiger partial charge in [-0.3, -0.25) is 14.6 Å². The number of likely N-dealkylation sites (tertiary alicyclic amines) is 2. The van der Waals surface area contributed by atoms with Gasteiger partial charge in [0.05, 0.1) is 12.6 Å². The first kappa shape index (κ1) is 20.3. The van der Waals surface area contributed by atoms with Crippen LogP contribution in [0, 0.1) is 6.92 Å². The Kier molecular flexibility index (Phi) is 5.88. The summed E-state index contributed by atoms with van der Waals surface area (Å²) in [7, 11) is 3.81. The van der Waals surface area contributed by atoms with E-state index in [1.807, 2.05) is 13.1 Å². The number of nitrogens with zero attached hydrogens (tertiary/aromatic N) is 4. The molecule has 0 aromatic carbocycles. The second-order valence-corrected chi connectivity index (χ2v) is 8.74. The van der Waals surface area contributed by atoms with Crippen LogP contribution in [0.5, 0.6) is 6.01 Å². The minimum Gasteiger partial charge on any atom is -0.467 e. The monoisotopic (exact) mass is 399 g/mol. The molecule has 1 aromatic rings. The number of allylic oxidation sites excluding steroid dienone is 1. The van der Waals surface area contributed by atoms with Gasteiger partial charge in [0.25, 0.3) is 0 Å². The summed E-state index contributed by atoms with van der Waals surface area (Å²) in [6.45, 7) is 5.89. The number of ether oxygens (including phenoxy) is 1. The van der Waals surface area contributed by atoms with E-state index >= 15 is 0 Å². The van der Waals surface area contributed by atoms with Crippen LogP contribution in [0.4, 0.5) is 0 Å². The number of aromatic nitrogens is 2. The van der Waals surface area contributed by atoms with E-state index in [0.29, 0.717) is 6.01 Å². The third-order valence-corrected chi connectivity index (χ3v) is 7.02. The smallest absolute Gasteiger partial charge is 0.316 e. The molecule has 1 spiro atoms. The minimum absolute atomic E-state index is 0.00824. The Morgan fingerprint density at radius 1 is 1.38 bits per heavy atom. The van der Waals surface area contributed by atoms with Crippen LogP contribution >= 0.6 is 0 Å². The number of hydrogen-bond acceptors (Lipinski definition) is 6. The molecule has 0 saturated carbocycles. The molecule has 7 nitrogen and oxygen atoms in total. The Bertz CT molecular complexity index is 795. The van der Waals surface area contributed by atoms with Crippen molar-refractivity contribution in [3.63, 3.8) is 0 Å². The highest BCUT2D eigenvalue weighted by molar-refractivity contribution is 5.94. The van der Waals surface area contributed by atoms with Gasteiger partial charge in [-0.2, -0.15) is 0 Å². The van der Waals surface area contributed by atoms with Crippen molar-refractivity contribution in [1.29, 1.82) is 0 Å². The van der Waals surface area contributed by atoms with E-state index in [4.69, 9.17) is 4.74 Å². The number of aryl methyl sites for hydroxylation is 1. The van der Waals surface area contributed by atoms with Gasteiger partial charge in [-0.05, 0) is 59.0 Å². The second-order valence-electron chi connectivity index (χ2n) is 8.74. The first-order valence-electron chi connectivity index (χ1n) is 10.8. The summed E-state index contributed by atoms with van der Waals surface area (Å²) in [4.78, 5) is 26.5. The molecular weight excluding hydrogens is 366 g/mol. The highest BCUT2D eigenvalue weighted by atomic mass is 16.5. The van der Waals surface area contributed by atoms with Crippen LogP contribution in [-0.4, -0.2) is 71.0 Å². The van der Waals surface area contributed by atoms with E-state index in [1.165, 1.54) is 0 Å². The van der Waals surface area contributed by atoms with Crippen molar-refractivity contribution >= 4 is 5.91 Å². The lowest BCUT2D eigenvalue weighted by molar-refractivity contribution is -0.119. The number of carbonyl (C=O) groups is 1. The lowest BCUT2D eigenvalue weighted by Crippen LogP contribution is -2.63. The Morgan fingerprint density at radius 2 is 2.24 bits per heavy atom. The number of amides is 1. The SMILES string of the molecule is COc1ncc(CN2CCCC3(C2)C(NC(=O)C2=CCCC2)CCN3C)c(C)n1. The fraction of sp³-hybridized carbons (Fsp3) is 0.682. The molecule has 7 heteroatoms. The van der Waals surface area contributed by atoms with Crippen LogP contribution in [0.25, 0.3) is 0 Å². The third kappa shape index (κ3) is 4.03. The summed E-state index contributed by atoms with van der Waals surface area (Å²) in [5, 5.41) is 3.41. The van der Waals surface area contributed by atoms with E-state index in [2.05, 4.69) is 38.2 Å². The third-order valence-electron chi connectivity index (χ3n) is 7.02.